The summed E-state index contributed by atoms with van der Waals surface area (Å²) < 4.78 is 40.6. The molecule has 0 aromatic carbocycles. The Hall–Kier alpha value is -2.31. The van der Waals surface area contributed by atoms with Crippen molar-refractivity contribution in [1.29, 1.82) is 0 Å². The molecule has 3 aromatic heterocycles. The lowest BCUT2D eigenvalue weighted by atomic mass is 10.2. The van der Waals surface area contributed by atoms with Crippen LogP contribution in [0.1, 0.15) is 23.5 Å². The van der Waals surface area contributed by atoms with Crippen LogP contribution in [0.2, 0.25) is 5.02 Å². The van der Waals surface area contributed by atoms with Crippen LogP contribution in [0, 0.1) is 13.8 Å². The number of aromatic nitrogens is 4. The molecular weight excluding hydrogens is 468 g/mol. The van der Waals surface area contributed by atoms with E-state index in [1.165, 1.54) is 12.3 Å². The average Bonchev–Trinajstić information content (AvgIpc) is 3.20. The molecule has 0 unspecified atom stereocenters. The van der Waals surface area contributed by atoms with Crippen molar-refractivity contribution in [2.75, 3.05) is 38.2 Å². The van der Waals surface area contributed by atoms with E-state index in [2.05, 4.69) is 25.1 Å². The minimum Gasteiger partial charge on any atom is -0.376 e. The fourth-order valence-corrected chi connectivity index (χ4v) is 4.92. The smallest absolute Gasteiger partial charge is 0.242 e. The van der Waals surface area contributed by atoms with E-state index in [4.69, 9.17) is 21.1 Å². The van der Waals surface area contributed by atoms with Crippen molar-refractivity contribution < 1.29 is 17.9 Å². The van der Waals surface area contributed by atoms with Gasteiger partial charge in [0.25, 0.3) is 0 Å². The summed E-state index contributed by atoms with van der Waals surface area (Å²) in [5.41, 5.74) is 3.60. The van der Waals surface area contributed by atoms with E-state index in [-0.39, 0.29) is 22.6 Å². The van der Waals surface area contributed by atoms with E-state index in [0.29, 0.717) is 45.0 Å². The Morgan fingerprint density at radius 2 is 2.09 bits per heavy atom. The van der Waals surface area contributed by atoms with Crippen LogP contribution < -0.4 is 10.0 Å². The average molecular weight is 495 g/mol. The van der Waals surface area contributed by atoms with E-state index in [9.17, 15) is 8.42 Å². The number of hydrogen-bond donors (Lipinski definition) is 2. The van der Waals surface area contributed by atoms with Gasteiger partial charge < -0.3 is 14.8 Å². The fourth-order valence-electron chi connectivity index (χ4n) is 3.58. The molecule has 178 valence electrons. The highest BCUT2D eigenvalue weighted by Crippen LogP contribution is 2.23. The van der Waals surface area contributed by atoms with E-state index in [1.807, 2.05) is 26.0 Å². The molecule has 1 atom stereocenters. The van der Waals surface area contributed by atoms with Crippen LogP contribution in [0.3, 0.4) is 0 Å². The van der Waals surface area contributed by atoms with Gasteiger partial charge in [-0.15, -0.1) is 0 Å². The van der Waals surface area contributed by atoms with E-state index < -0.39 is 10.0 Å². The number of nitrogens with zero attached hydrogens (tertiary/aromatic N) is 4. The highest BCUT2D eigenvalue weighted by Gasteiger charge is 2.18. The van der Waals surface area contributed by atoms with Crippen molar-refractivity contribution in [2.24, 2.45) is 0 Å². The zero-order valence-corrected chi connectivity index (χ0v) is 20.1. The Balaban J connectivity index is 1.30. The Morgan fingerprint density at radius 3 is 2.85 bits per heavy atom. The summed E-state index contributed by atoms with van der Waals surface area (Å²) in [6.45, 7) is 6.27. The van der Waals surface area contributed by atoms with Crippen molar-refractivity contribution in [3.63, 3.8) is 0 Å². The van der Waals surface area contributed by atoms with Crippen molar-refractivity contribution in [2.45, 2.75) is 37.7 Å². The van der Waals surface area contributed by atoms with Crippen LogP contribution in [0.25, 0.3) is 5.65 Å². The van der Waals surface area contributed by atoms with E-state index in [1.54, 1.807) is 4.52 Å². The fraction of sp³-hybridized carbons (Fsp3) is 0.476. The van der Waals surface area contributed by atoms with Crippen molar-refractivity contribution in [3.8, 4) is 0 Å². The first kappa shape index (κ1) is 23.8. The van der Waals surface area contributed by atoms with Gasteiger partial charge in [0, 0.05) is 36.7 Å². The summed E-state index contributed by atoms with van der Waals surface area (Å²) in [7, 11) is -3.73. The monoisotopic (exact) mass is 494 g/mol. The van der Waals surface area contributed by atoms with Gasteiger partial charge in [0.1, 0.15) is 10.7 Å². The lowest BCUT2D eigenvalue weighted by molar-refractivity contribution is -0.0819. The minimum absolute atomic E-state index is 0.0123. The topological polar surface area (TPSA) is 120 Å². The third-order valence-corrected chi connectivity index (χ3v) is 6.91. The Morgan fingerprint density at radius 1 is 1.24 bits per heavy atom. The quantitative estimate of drug-likeness (QED) is 0.434. The molecule has 33 heavy (non-hydrogen) atoms. The Labute approximate surface area is 197 Å². The van der Waals surface area contributed by atoms with Gasteiger partial charge in [0.15, 0.2) is 5.65 Å². The highest BCUT2D eigenvalue weighted by molar-refractivity contribution is 7.89. The standard InChI is InChI=1S/C21H27ClN6O4S/c1-14-8-15(2)28-20(26-14)9-16(27-28)4-3-5-25-33(29,30)18-10-19(22)21(24-12-18)23-11-17-13-31-6-7-32-17/h8-10,12,17,25H,3-7,11,13H2,1-2H3,(H,23,24)/t17-/m1/s1. The number of sulfonamides is 1. The van der Waals surface area contributed by atoms with Gasteiger partial charge in [-0.2, -0.15) is 5.10 Å². The molecule has 0 radical (unpaired) electrons. The summed E-state index contributed by atoms with van der Waals surface area (Å²) in [5, 5.41) is 7.84. The van der Waals surface area contributed by atoms with Gasteiger partial charge in [0.2, 0.25) is 10.0 Å². The maximum absolute atomic E-state index is 12.6. The lowest BCUT2D eigenvalue weighted by Crippen LogP contribution is -2.34. The third-order valence-electron chi connectivity index (χ3n) is 5.19. The molecule has 0 amide bonds. The molecule has 0 bridgehead atoms. The van der Waals surface area contributed by atoms with Gasteiger partial charge >= 0.3 is 0 Å². The van der Waals surface area contributed by atoms with Gasteiger partial charge in [-0.25, -0.2) is 27.6 Å². The largest absolute Gasteiger partial charge is 0.376 e. The van der Waals surface area contributed by atoms with Crippen LogP contribution in [-0.2, 0) is 25.9 Å². The number of rotatable bonds is 9. The summed E-state index contributed by atoms with van der Waals surface area (Å²) >= 11 is 6.25. The molecule has 0 spiro atoms. The lowest BCUT2D eigenvalue weighted by Gasteiger charge is -2.23. The number of nitrogens with one attached hydrogen (secondary N) is 2. The van der Waals surface area contributed by atoms with Gasteiger partial charge in [-0.3, -0.25) is 0 Å². The molecule has 1 fully saturated rings. The molecule has 0 saturated carbocycles. The predicted octanol–water partition coefficient (Wildman–Crippen LogP) is 2.13. The number of anilines is 1. The van der Waals surface area contributed by atoms with Crippen LogP contribution in [0.4, 0.5) is 5.82 Å². The zero-order chi connectivity index (χ0) is 23.4. The molecule has 1 aliphatic rings. The number of halogens is 1. The molecule has 10 nitrogen and oxygen atoms in total. The van der Waals surface area contributed by atoms with Crippen molar-refractivity contribution >= 4 is 33.1 Å². The summed E-state index contributed by atoms with van der Waals surface area (Å²) in [6, 6.07) is 5.28. The van der Waals surface area contributed by atoms with Crippen LogP contribution in [0.5, 0.6) is 0 Å². The molecular formula is C21H27ClN6O4S. The molecule has 12 heteroatoms. The minimum atomic E-state index is -3.73. The summed E-state index contributed by atoms with van der Waals surface area (Å²) in [4.78, 5) is 8.65. The second kappa shape index (κ2) is 10.3. The SMILES string of the molecule is Cc1cc(C)n2nc(CCCNS(=O)(=O)c3cnc(NC[C@@H]4COCCO4)c(Cl)c3)cc2n1. The van der Waals surface area contributed by atoms with E-state index in [0.717, 1.165) is 22.7 Å². The molecule has 4 heterocycles. The summed E-state index contributed by atoms with van der Waals surface area (Å²) in [5.74, 6) is 0.399. The number of hydrogen-bond acceptors (Lipinski definition) is 8. The van der Waals surface area contributed by atoms with Crippen molar-refractivity contribution in [3.05, 3.63) is 46.5 Å². The second-order valence-electron chi connectivity index (χ2n) is 7.90. The normalized spacial score (nSPS) is 16.9. The van der Waals surface area contributed by atoms with Crippen LogP contribution >= 0.6 is 11.6 Å². The Kier molecular flexibility index (Phi) is 7.45. The number of ether oxygens (including phenoxy) is 2. The van der Waals surface area contributed by atoms with Gasteiger partial charge in [-0.1, -0.05) is 11.6 Å². The molecule has 0 aliphatic carbocycles. The van der Waals surface area contributed by atoms with Gasteiger partial charge in [0.05, 0.1) is 36.6 Å². The molecule has 3 aromatic rings. The second-order valence-corrected chi connectivity index (χ2v) is 10.1. The number of pyridine rings is 1. The zero-order valence-electron chi connectivity index (χ0n) is 18.5. The number of fused-ring (bicyclic) bond motifs is 1. The maximum atomic E-state index is 12.6. The maximum Gasteiger partial charge on any atom is 0.242 e. The highest BCUT2D eigenvalue weighted by atomic mass is 35.5. The first-order chi connectivity index (χ1) is 15.8. The summed E-state index contributed by atoms with van der Waals surface area (Å²) in [6.07, 6.45) is 2.40. The van der Waals surface area contributed by atoms with Crippen LogP contribution in [0.15, 0.2) is 29.3 Å². The molecule has 2 N–H and O–H groups in total. The molecule has 1 aliphatic heterocycles. The molecule has 1 saturated heterocycles. The van der Waals surface area contributed by atoms with Gasteiger partial charge in [-0.05, 0) is 38.8 Å². The van der Waals surface area contributed by atoms with Crippen LogP contribution in [-0.4, -0.2) is 67.0 Å². The van der Waals surface area contributed by atoms with E-state index >= 15 is 0 Å². The first-order valence-electron chi connectivity index (χ1n) is 10.7. The third kappa shape index (κ3) is 5.98. The predicted molar refractivity (Wildman–Crippen MR) is 124 cm³/mol. The molecule has 4 rings (SSSR count). The number of aryl methyl sites for hydroxylation is 3. The Bertz CT molecular complexity index is 1230. The van der Waals surface area contributed by atoms with Crippen molar-refractivity contribution in [1.82, 2.24) is 24.3 Å². The first-order valence-corrected chi connectivity index (χ1v) is 12.6.